The number of halogens is 1. The zero-order valence-electron chi connectivity index (χ0n) is 7.29. The van der Waals surface area contributed by atoms with Gasteiger partial charge in [0.15, 0.2) is 11.5 Å². The first kappa shape index (κ1) is 9.08. The van der Waals surface area contributed by atoms with Crippen molar-refractivity contribution in [2.45, 2.75) is 6.61 Å². The van der Waals surface area contributed by atoms with Crippen LogP contribution in [-0.2, 0) is 6.61 Å². The lowest BCUT2D eigenvalue weighted by molar-refractivity contribution is 0.161. The van der Waals surface area contributed by atoms with Gasteiger partial charge in [-0.25, -0.2) is 0 Å². The average molecular weight is 200 g/mol. The first-order chi connectivity index (χ1) is 6.74. The van der Waals surface area contributed by atoms with E-state index < -0.39 is 18.2 Å². The van der Waals surface area contributed by atoms with Gasteiger partial charge in [0.25, 0.3) is 0 Å². The van der Waals surface area contributed by atoms with Crippen molar-refractivity contribution >= 4 is 0 Å². The summed E-state index contributed by atoms with van der Waals surface area (Å²) in [6, 6.07) is 1.37. The van der Waals surface area contributed by atoms with Crippen LogP contribution in [0.25, 0.3) is 0 Å². The molecule has 1 aliphatic rings. The van der Waals surface area contributed by atoms with E-state index in [9.17, 15) is 9.50 Å². The van der Waals surface area contributed by atoms with Crippen LogP contribution in [0.2, 0.25) is 0 Å². The fourth-order valence-electron chi connectivity index (χ4n) is 1.31. The molecule has 4 nitrogen and oxygen atoms in total. The van der Waals surface area contributed by atoms with Crippen LogP contribution >= 0.6 is 0 Å². The van der Waals surface area contributed by atoms with Crippen molar-refractivity contribution in [3.8, 4) is 17.2 Å². The summed E-state index contributed by atoms with van der Waals surface area (Å²) in [4.78, 5) is 0. The number of phenols is 1. The largest absolute Gasteiger partial charge is 0.504 e. The second kappa shape index (κ2) is 3.34. The van der Waals surface area contributed by atoms with Crippen molar-refractivity contribution in [1.29, 1.82) is 0 Å². The van der Waals surface area contributed by atoms with Gasteiger partial charge in [0.1, 0.15) is 13.2 Å². The maximum Gasteiger partial charge on any atom is 0.210 e. The zero-order valence-corrected chi connectivity index (χ0v) is 7.29. The van der Waals surface area contributed by atoms with E-state index in [2.05, 4.69) is 0 Å². The van der Waals surface area contributed by atoms with Gasteiger partial charge in [0.2, 0.25) is 11.6 Å². The normalized spacial score (nSPS) is 14.1. The number of hydrogen-bond acceptors (Lipinski definition) is 4. The van der Waals surface area contributed by atoms with Crippen LogP contribution in [-0.4, -0.2) is 23.4 Å². The van der Waals surface area contributed by atoms with Crippen molar-refractivity contribution in [2.24, 2.45) is 0 Å². The molecule has 14 heavy (non-hydrogen) atoms. The lowest BCUT2D eigenvalue weighted by atomic mass is 10.1. The van der Waals surface area contributed by atoms with Gasteiger partial charge in [-0.2, -0.15) is 4.39 Å². The molecule has 0 spiro atoms. The summed E-state index contributed by atoms with van der Waals surface area (Å²) in [7, 11) is 0. The maximum absolute atomic E-state index is 13.4. The number of aliphatic hydroxyl groups is 1. The summed E-state index contributed by atoms with van der Waals surface area (Å²) < 4.78 is 23.5. The lowest BCUT2D eigenvalue weighted by Gasteiger charge is -2.20. The van der Waals surface area contributed by atoms with Gasteiger partial charge in [-0.1, -0.05) is 0 Å². The second-order valence-electron chi connectivity index (χ2n) is 2.88. The molecule has 0 fully saturated rings. The Kier molecular flexibility index (Phi) is 2.17. The van der Waals surface area contributed by atoms with E-state index in [-0.39, 0.29) is 23.7 Å². The third-order valence-electron chi connectivity index (χ3n) is 2.00. The Labute approximate surface area is 79.5 Å². The molecule has 0 aliphatic carbocycles. The van der Waals surface area contributed by atoms with Gasteiger partial charge in [0.05, 0.1) is 6.61 Å². The molecular formula is C9H9FO4. The van der Waals surface area contributed by atoms with Crippen molar-refractivity contribution < 1.29 is 24.1 Å². The molecule has 0 aromatic heterocycles. The molecule has 1 aliphatic heterocycles. The quantitative estimate of drug-likeness (QED) is 0.703. The fourth-order valence-corrected chi connectivity index (χ4v) is 1.31. The monoisotopic (exact) mass is 200 g/mol. The topological polar surface area (TPSA) is 58.9 Å². The Morgan fingerprint density at radius 3 is 2.79 bits per heavy atom. The highest BCUT2D eigenvalue weighted by Gasteiger charge is 2.22. The highest BCUT2D eigenvalue weighted by molar-refractivity contribution is 5.52. The van der Waals surface area contributed by atoms with E-state index in [0.717, 1.165) is 0 Å². The maximum atomic E-state index is 13.4. The fraction of sp³-hybridized carbons (Fsp3) is 0.333. The Bertz CT molecular complexity index is 364. The average Bonchev–Trinajstić information content (AvgIpc) is 2.23. The molecule has 1 aromatic rings. The SMILES string of the molecule is OCc1cc2c(c(F)c1O)OCCO2. The molecule has 0 amide bonds. The van der Waals surface area contributed by atoms with Crippen molar-refractivity contribution in [2.75, 3.05) is 13.2 Å². The smallest absolute Gasteiger partial charge is 0.210 e. The van der Waals surface area contributed by atoms with Crippen LogP contribution in [0.1, 0.15) is 5.56 Å². The minimum absolute atomic E-state index is 0.0896. The molecule has 0 atom stereocenters. The van der Waals surface area contributed by atoms with Crippen LogP contribution < -0.4 is 9.47 Å². The van der Waals surface area contributed by atoms with Crippen molar-refractivity contribution in [3.05, 3.63) is 17.4 Å². The van der Waals surface area contributed by atoms with Gasteiger partial charge < -0.3 is 19.7 Å². The number of benzene rings is 1. The van der Waals surface area contributed by atoms with E-state index >= 15 is 0 Å². The Balaban J connectivity index is 2.57. The van der Waals surface area contributed by atoms with Gasteiger partial charge >= 0.3 is 0 Å². The van der Waals surface area contributed by atoms with Gasteiger partial charge in [-0.3, -0.25) is 0 Å². The number of aliphatic hydroxyl groups excluding tert-OH is 1. The second-order valence-corrected chi connectivity index (χ2v) is 2.88. The Hall–Kier alpha value is -1.49. The molecule has 0 bridgehead atoms. The summed E-state index contributed by atoms with van der Waals surface area (Å²) in [6.45, 7) is 0.142. The van der Waals surface area contributed by atoms with Gasteiger partial charge in [-0.05, 0) is 6.07 Å². The van der Waals surface area contributed by atoms with Gasteiger partial charge in [-0.15, -0.1) is 0 Å². The van der Waals surface area contributed by atoms with Crippen molar-refractivity contribution in [1.82, 2.24) is 0 Å². The predicted octanol–water partition coefficient (Wildman–Crippen LogP) is 0.795. The Morgan fingerprint density at radius 1 is 1.36 bits per heavy atom. The lowest BCUT2D eigenvalue weighted by Crippen LogP contribution is -2.16. The summed E-state index contributed by atoms with van der Waals surface area (Å²) in [5.74, 6) is -1.34. The summed E-state index contributed by atoms with van der Waals surface area (Å²) >= 11 is 0. The first-order valence-corrected chi connectivity index (χ1v) is 4.15. The standard InChI is InChI=1S/C9H9FO4/c10-7-8(12)5(4-11)3-6-9(7)14-2-1-13-6/h3,11-12H,1-2,4H2. The van der Waals surface area contributed by atoms with Gasteiger partial charge in [0, 0.05) is 5.56 Å². The van der Waals surface area contributed by atoms with Crippen molar-refractivity contribution in [3.63, 3.8) is 0 Å². The molecule has 76 valence electrons. The van der Waals surface area contributed by atoms with E-state index in [0.29, 0.717) is 6.61 Å². The van der Waals surface area contributed by atoms with E-state index in [1.165, 1.54) is 6.07 Å². The summed E-state index contributed by atoms with van der Waals surface area (Å²) in [6.07, 6.45) is 0. The molecule has 5 heteroatoms. The first-order valence-electron chi connectivity index (χ1n) is 4.15. The molecular weight excluding hydrogens is 191 g/mol. The molecule has 2 rings (SSSR count). The zero-order chi connectivity index (χ0) is 10.1. The highest BCUT2D eigenvalue weighted by atomic mass is 19.1. The molecule has 0 unspecified atom stereocenters. The molecule has 1 heterocycles. The molecule has 0 saturated heterocycles. The van der Waals surface area contributed by atoms with Crippen LogP contribution in [0.5, 0.6) is 17.2 Å². The predicted molar refractivity (Wildman–Crippen MR) is 45.0 cm³/mol. The number of ether oxygens (including phenoxy) is 2. The van der Waals surface area contributed by atoms with Crippen LogP contribution in [0.15, 0.2) is 6.07 Å². The summed E-state index contributed by atoms with van der Waals surface area (Å²) in [5.41, 5.74) is 0.0896. The molecule has 0 radical (unpaired) electrons. The Morgan fingerprint density at radius 2 is 2.07 bits per heavy atom. The highest BCUT2D eigenvalue weighted by Crippen LogP contribution is 2.39. The molecule has 0 saturated carbocycles. The van der Waals surface area contributed by atoms with E-state index in [1.807, 2.05) is 0 Å². The summed E-state index contributed by atoms with van der Waals surface area (Å²) in [5, 5.41) is 18.1. The third kappa shape index (κ3) is 1.26. The van der Waals surface area contributed by atoms with Crippen LogP contribution in [0.4, 0.5) is 4.39 Å². The van der Waals surface area contributed by atoms with E-state index in [1.54, 1.807) is 0 Å². The minimum Gasteiger partial charge on any atom is -0.504 e. The number of aromatic hydroxyl groups is 1. The number of rotatable bonds is 1. The third-order valence-corrected chi connectivity index (χ3v) is 2.00. The minimum atomic E-state index is -0.883. The molecule has 2 N–H and O–H groups in total. The number of fused-ring (bicyclic) bond motifs is 1. The van der Waals surface area contributed by atoms with Crippen LogP contribution in [0.3, 0.4) is 0 Å². The van der Waals surface area contributed by atoms with Crippen LogP contribution in [0, 0.1) is 5.82 Å². The molecule has 1 aromatic carbocycles. The van der Waals surface area contributed by atoms with E-state index in [4.69, 9.17) is 14.6 Å². The number of hydrogen-bond donors (Lipinski definition) is 2.